The van der Waals surface area contributed by atoms with Crippen molar-refractivity contribution < 1.29 is 8.42 Å². The van der Waals surface area contributed by atoms with Crippen molar-refractivity contribution in [3.8, 4) is 0 Å². The first-order valence-corrected chi connectivity index (χ1v) is 5.85. The summed E-state index contributed by atoms with van der Waals surface area (Å²) in [5.41, 5.74) is 5.72. The molecule has 0 amide bonds. The smallest absolute Gasteiger partial charge is 0.150 e. The van der Waals surface area contributed by atoms with Crippen molar-refractivity contribution in [2.24, 2.45) is 17.6 Å². The van der Waals surface area contributed by atoms with Crippen LogP contribution < -0.4 is 5.73 Å². The maximum Gasteiger partial charge on any atom is 0.150 e. The second kappa shape index (κ2) is 2.20. The van der Waals surface area contributed by atoms with Gasteiger partial charge in [-0.1, -0.05) is 0 Å². The first-order chi connectivity index (χ1) is 5.07. The van der Waals surface area contributed by atoms with Crippen LogP contribution in [0.3, 0.4) is 0 Å². The Kier molecular flexibility index (Phi) is 1.51. The number of nitrogens with two attached hydrogens (primary N) is 1. The quantitative estimate of drug-likeness (QED) is 0.553. The number of sulfone groups is 1. The van der Waals surface area contributed by atoms with Gasteiger partial charge in [0.05, 0.1) is 11.5 Å². The van der Waals surface area contributed by atoms with Crippen molar-refractivity contribution in [3.05, 3.63) is 0 Å². The summed E-state index contributed by atoms with van der Waals surface area (Å²) in [6.45, 7) is 0. The maximum atomic E-state index is 11.1. The Bertz CT molecular complexity index is 240. The zero-order chi connectivity index (χ0) is 8.06. The zero-order valence-electron chi connectivity index (χ0n) is 6.36. The van der Waals surface area contributed by atoms with E-state index in [1.54, 1.807) is 0 Å². The number of hydrogen-bond donors (Lipinski definition) is 1. The average molecular weight is 175 g/mol. The maximum absolute atomic E-state index is 11.1. The van der Waals surface area contributed by atoms with Gasteiger partial charge in [-0.15, -0.1) is 0 Å². The highest BCUT2D eigenvalue weighted by Crippen LogP contribution is 2.38. The molecule has 4 heteroatoms. The van der Waals surface area contributed by atoms with Crippen LogP contribution >= 0.6 is 0 Å². The Morgan fingerprint density at radius 3 is 2.00 bits per heavy atom. The summed E-state index contributed by atoms with van der Waals surface area (Å²) in [6, 6.07) is 0.264. The SMILES string of the molecule is NC1CC2CS(=O)(=O)CC2C1. The lowest BCUT2D eigenvalue weighted by molar-refractivity contribution is 0.494. The van der Waals surface area contributed by atoms with Crippen LogP contribution in [0.5, 0.6) is 0 Å². The highest BCUT2D eigenvalue weighted by Gasteiger charge is 2.42. The Labute approximate surface area is 66.9 Å². The van der Waals surface area contributed by atoms with E-state index in [-0.39, 0.29) is 6.04 Å². The van der Waals surface area contributed by atoms with E-state index in [9.17, 15) is 8.42 Å². The van der Waals surface area contributed by atoms with Crippen LogP contribution in [-0.2, 0) is 9.84 Å². The fourth-order valence-electron chi connectivity index (χ4n) is 2.39. The van der Waals surface area contributed by atoms with Crippen molar-refractivity contribution in [2.45, 2.75) is 18.9 Å². The van der Waals surface area contributed by atoms with Crippen molar-refractivity contribution in [1.29, 1.82) is 0 Å². The number of fused-ring (bicyclic) bond motifs is 1. The number of hydrogen-bond acceptors (Lipinski definition) is 3. The molecule has 1 saturated heterocycles. The molecule has 1 aliphatic carbocycles. The monoisotopic (exact) mass is 175 g/mol. The van der Waals surface area contributed by atoms with Crippen LogP contribution in [-0.4, -0.2) is 26.0 Å². The van der Waals surface area contributed by atoms with Crippen LogP contribution in [0, 0.1) is 11.8 Å². The van der Waals surface area contributed by atoms with Gasteiger partial charge in [-0.05, 0) is 24.7 Å². The first kappa shape index (κ1) is 7.55. The van der Waals surface area contributed by atoms with E-state index in [4.69, 9.17) is 5.73 Å². The van der Waals surface area contributed by atoms with E-state index in [2.05, 4.69) is 0 Å². The lowest BCUT2D eigenvalue weighted by atomic mass is 10.0. The Balaban J connectivity index is 2.16. The second-order valence-electron chi connectivity index (χ2n) is 3.83. The summed E-state index contributed by atoms with van der Waals surface area (Å²) in [5.74, 6) is 1.56. The van der Waals surface area contributed by atoms with Crippen molar-refractivity contribution in [1.82, 2.24) is 0 Å². The van der Waals surface area contributed by atoms with Gasteiger partial charge in [0.15, 0.2) is 9.84 Å². The van der Waals surface area contributed by atoms with Crippen LogP contribution in [0.25, 0.3) is 0 Å². The molecule has 0 radical (unpaired) electrons. The molecule has 0 spiro atoms. The molecule has 0 aromatic heterocycles. The molecule has 1 saturated carbocycles. The molecule has 2 unspecified atom stereocenters. The lowest BCUT2D eigenvalue weighted by Gasteiger charge is -2.01. The molecule has 2 N–H and O–H groups in total. The predicted octanol–water partition coefficient (Wildman–Crippen LogP) is -0.232. The van der Waals surface area contributed by atoms with E-state index in [0.29, 0.717) is 23.3 Å². The Hall–Kier alpha value is -0.0900. The molecule has 11 heavy (non-hydrogen) atoms. The van der Waals surface area contributed by atoms with Gasteiger partial charge in [0.1, 0.15) is 0 Å². The number of rotatable bonds is 0. The molecular weight excluding hydrogens is 162 g/mol. The van der Waals surface area contributed by atoms with E-state index in [0.717, 1.165) is 12.8 Å². The third-order valence-corrected chi connectivity index (χ3v) is 4.69. The Morgan fingerprint density at radius 2 is 1.55 bits per heavy atom. The normalized spacial score (nSPS) is 47.5. The van der Waals surface area contributed by atoms with E-state index in [1.807, 2.05) is 0 Å². The largest absolute Gasteiger partial charge is 0.328 e. The molecule has 0 aromatic rings. The Morgan fingerprint density at radius 1 is 1.09 bits per heavy atom. The summed E-state index contributed by atoms with van der Waals surface area (Å²) in [6.07, 6.45) is 1.84. The molecule has 3 nitrogen and oxygen atoms in total. The fourth-order valence-corrected chi connectivity index (χ4v) is 4.64. The van der Waals surface area contributed by atoms with Gasteiger partial charge < -0.3 is 5.73 Å². The highest BCUT2D eigenvalue weighted by atomic mass is 32.2. The summed E-state index contributed by atoms with van der Waals surface area (Å²) in [7, 11) is -2.68. The molecule has 1 heterocycles. The van der Waals surface area contributed by atoms with Crippen molar-refractivity contribution in [3.63, 3.8) is 0 Å². The van der Waals surface area contributed by atoms with Gasteiger partial charge in [-0.25, -0.2) is 8.42 Å². The minimum atomic E-state index is -2.68. The van der Waals surface area contributed by atoms with E-state index >= 15 is 0 Å². The minimum Gasteiger partial charge on any atom is -0.328 e. The topological polar surface area (TPSA) is 60.2 Å². The molecule has 2 aliphatic rings. The van der Waals surface area contributed by atoms with Crippen LogP contribution in [0.4, 0.5) is 0 Å². The van der Waals surface area contributed by atoms with Gasteiger partial charge in [-0.3, -0.25) is 0 Å². The standard InChI is InChI=1S/C7H13NO2S/c8-7-1-5-3-11(9,10)4-6(5)2-7/h5-7H,1-4,8H2. The van der Waals surface area contributed by atoms with Crippen molar-refractivity contribution in [2.75, 3.05) is 11.5 Å². The molecule has 2 rings (SSSR count). The molecule has 0 aromatic carbocycles. The minimum absolute atomic E-state index is 0.264. The van der Waals surface area contributed by atoms with Gasteiger partial charge in [0.25, 0.3) is 0 Å². The van der Waals surface area contributed by atoms with Gasteiger partial charge in [-0.2, -0.15) is 0 Å². The molecule has 2 fully saturated rings. The van der Waals surface area contributed by atoms with Crippen LogP contribution in [0.15, 0.2) is 0 Å². The highest BCUT2D eigenvalue weighted by molar-refractivity contribution is 7.91. The fraction of sp³-hybridized carbons (Fsp3) is 1.00. The van der Waals surface area contributed by atoms with Gasteiger partial charge in [0, 0.05) is 6.04 Å². The molecule has 64 valence electrons. The predicted molar refractivity (Wildman–Crippen MR) is 42.8 cm³/mol. The average Bonchev–Trinajstić information content (AvgIpc) is 2.17. The van der Waals surface area contributed by atoms with Gasteiger partial charge >= 0.3 is 0 Å². The van der Waals surface area contributed by atoms with Crippen molar-refractivity contribution >= 4 is 9.84 Å². The molecule has 1 aliphatic heterocycles. The van der Waals surface area contributed by atoms with Crippen LogP contribution in [0.1, 0.15) is 12.8 Å². The van der Waals surface area contributed by atoms with E-state index < -0.39 is 9.84 Å². The summed E-state index contributed by atoms with van der Waals surface area (Å²) in [5, 5.41) is 0. The zero-order valence-corrected chi connectivity index (χ0v) is 7.18. The third kappa shape index (κ3) is 1.29. The summed E-state index contributed by atoms with van der Waals surface area (Å²) < 4.78 is 22.2. The molecule has 2 atom stereocenters. The van der Waals surface area contributed by atoms with E-state index in [1.165, 1.54) is 0 Å². The third-order valence-electron chi connectivity index (χ3n) is 2.81. The summed E-state index contributed by atoms with van der Waals surface area (Å²) in [4.78, 5) is 0. The second-order valence-corrected chi connectivity index (χ2v) is 5.98. The van der Waals surface area contributed by atoms with Crippen LogP contribution in [0.2, 0.25) is 0 Å². The summed E-state index contributed by atoms with van der Waals surface area (Å²) >= 11 is 0. The molecule has 0 bridgehead atoms. The lowest BCUT2D eigenvalue weighted by Crippen LogP contribution is -2.18. The first-order valence-electron chi connectivity index (χ1n) is 4.03. The van der Waals surface area contributed by atoms with Gasteiger partial charge in [0.2, 0.25) is 0 Å². The molecular formula is C7H13NO2S.